The summed E-state index contributed by atoms with van der Waals surface area (Å²) in [5.41, 5.74) is 3.69. The van der Waals surface area contributed by atoms with Gasteiger partial charge in [-0.15, -0.1) is 0 Å². The number of allylic oxidation sites excluding steroid dienone is 1. The molecule has 0 bridgehead atoms. The summed E-state index contributed by atoms with van der Waals surface area (Å²) < 4.78 is 41.2. The number of fused-ring (bicyclic) bond motifs is 4. The number of benzene rings is 2. The van der Waals surface area contributed by atoms with Crippen molar-refractivity contribution in [1.82, 2.24) is 0 Å². The summed E-state index contributed by atoms with van der Waals surface area (Å²) in [7, 11) is 6.49. The minimum atomic E-state index is -0.276. The average Bonchev–Trinajstić information content (AvgIpc) is 3.27. The van der Waals surface area contributed by atoms with Gasteiger partial charge in [-0.3, -0.25) is 0 Å². The Balaban J connectivity index is 2.16. The fourth-order valence-electron chi connectivity index (χ4n) is 4.85. The van der Waals surface area contributed by atoms with Crippen LogP contribution in [0.2, 0.25) is 0 Å². The molecular weight excluding hydrogens is 424 g/mol. The topological polar surface area (TPSA) is 64.6 Å². The maximum atomic E-state index is 6.34. The van der Waals surface area contributed by atoms with E-state index < -0.39 is 0 Å². The molecule has 4 rings (SSSR count). The Morgan fingerprint density at radius 2 is 1.61 bits per heavy atom. The van der Waals surface area contributed by atoms with Crippen LogP contribution in [0.4, 0.5) is 0 Å². The molecule has 0 spiro atoms. The van der Waals surface area contributed by atoms with Crippen LogP contribution in [0.1, 0.15) is 38.0 Å². The number of hydrogen-bond acceptors (Lipinski definition) is 7. The van der Waals surface area contributed by atoms with Crippen LogP contribution in [0.25, 0.3) is 11.1 Å². The lowest BCUT2D eigenvalue weighted by molar-refractivity contribution is 0.0486. The Hall–Kier alpha value is -3.22. The third-order valence-electron chi connectivity index (χ3n) is 6.57. The maximum absolute atomic E-state index is 6.34. The Morgan fingerprint density at radius 3 is 2.21 bits per heavy atom. The van der Waals surface area contributed by atoms with Crippen molar-refractivity contribution in [1.29, 1.82) is 0 Å². The lowest BCUT2D eigenvalue weighted by Crippen LogP contribution is -2.24. The van der Waals surface area contributed by atoms with Gasteiger partial charge in [0.15, 0.2) is 23.0 Å². The first kappa shape index (κ1) is 23.0. The van der Waals surface area contributed by atoms with E-state index in [0.29, 0.717) is 40.3 Å². The predicted molar refractivity (Wildman–Crippen MR) is 125 cm³/mol. The van der Waals surface area contributed by atoms with Crippen molar-refractivity contribution in [3.05, 3.63) is 35.6 Å². The molecular formula is C26H32O7. The number of methoxy groups -OCH3 is 4. The van der Waals surface area contributed by atoms with Crippen LogP contribution < -0.4 is 28.4 Å². The second kappa shape index (κ2) is 8.96. The molecule has 0 fully saturated rings. The molecule has 0 N–H and O–H groups in total. The van der Waals surface area contributed by atoms with Crippen molar-refractivity contribution in [3.8, 4) is 45.6 Å². The monoisotopic (exact) mass is 456 g/mol. The summed E-state index contributed by atoms with van der Waals surface area (Å²) in [6.07, 6.45) is 0.502. The van der Waals surface area contributed by atoms with Crippen LogP contribution in [0, 0.1) is 11.8 Å². The van der Waals surface area contributed by atoms with Gasteiger partial charge < -0.3 is 33.2 Å². The van der Waals surface area contributed by atoms with Gasteiger partial charge in [-0.05, 0) is 37.0 Å². The molecule has 1 heterocycles. The zero-order valence-electron chi connectivity index (χ0n) is 20.4. The van der Waals surface area contributed by atoms with E-state index in [1.807, 2.05) is 19.1 Å². The molecule has 2 aromatic carbocycles. The lowest BCUT2D eigenvalue weighted by Gasteiger charge is -2.35. The Labute approximate surface area is 195 Å². The smallest absolute Gasteiger partial charge is 0.231 e. The molecule has 0 aromatic heterocycles. The highest BCUT2D eigenvalue weighted by molar-refractivity contribution is 5.88. The van der Waals surface area contributed by atoms with Crippen molar-refractivity contribution in [3.63, 3.8) is 0 Å². The van der Waals surface area contributed by atoms with Crippen LogP contribution in [-0.2, 0) is 11.2 Å². The molecule has 178 valence electrons. The molecule has 0 saturated carbocycles. The third-order valence-corrected chi connectivity index (χ3v) is 6.57. The van der Waals surface area contributed by atoms with Gasteiger partial charge in [0.05, 0.1) is 34.2 Å². The number of ether oxygens (including phenoxy) is 7. The van der Waals surface area contributed by atoms with E-state index in [2.05, 4.69) is 20.4 Å². The first-order valence-corrected chi connectivity index (χ1v) is 11.0. The van der Waals surface area contributed by atoms with E-state index in [9.17, 15) is 0 Å². The van der Waals surface area contributed by atoms with E-state index in [4.69, 9.17) is 33.2 Å². The van der Waals surface area contributed by atoms with Crippen molar-refractivity contribution < 1.29 is 33.2 Å². The highest BCUT2D eigenvalue weighted by atomic mass is 16.7. The predicted octanol–water partition coefficient (Wildman–Crippen LogP) is 5.54. The standard InChI is InChI=1S/C26H32O7/c1-13(2)33-22-15(4)14(3)9-16-10-18(27-5)23(28-6)25(29-7)20(16)21-17(22)11-19-24(26(21)30-8)32-12-31-19/h10-11,14-15,22H,1,9,12H2,2-8H3. The summed E-state index contributed by atoms with van der Waals surface area (Å²) >= 11 is 0. The van der Waals surface area contributed by atoms with Gasteiger partial charge in [0.25, 0.3) is 0 Å². The van der Waals surface area contributed by atoms with Gasteiger partial charge in [0.2, 0.25) is 18.3 Å². The van der Waals surface area contributed by atoms with Crippen LogP contribution in [0.3, 0.4) is 0 Å². The first-order valence-electron chi connectivity index (χ1n) is 11.0. The molecule has 0 saturated heterocycles. The molecule has 0 amide bonds. The Kier molecular flexibility index (Phi) is 6.23. The van der Waals surface area contributed by atoms with Crippen LogP contribution in [-0.4, -0.2) is 35.2 Å². The van der Waals surface area contributed by atoms with E-state index in [1.165, 1.54) is 0 Å². The van der Waals surface area contributed by atoms with E-state index in [0.717, 1.165) is 28.7 Å². The lowest BCUT2D eigenvalue weighted by atomic mass is 9.76. The summed E-state index contributed by atoms with van der Waals surface area (Å²) in [5, 5.41) is 0. The SMILES string of the molecule is C=C(C)OC1c2cc3c(c(OC)c2-c2c(cc(OC)c(OC)c2OC)CC(C)C1C)OCO3. The maximum Gasteiger partial charge on any atom is 0.231 e. The van der Waals surface area contributed by atoms with Gasteiger partial charge in [0.1, 0.15) is 6.10 Å². The van der Waals surface area contributed by atoms with Crippen LogP contribution >= 0.6 is 0 Å². The van der Waals surface area contributed by atoms with Gasteiger partial charge >= 0.3 is 0 Å². The van der Waals surface area contributed by atoms with Gasteiger partial charge in [0, 0.05) is 22.6 Å². The minimum absolute atomic E-state index is 0.127. The Morgan fingerprint density at radius 1 is 0.909 bits per heavy atom. The molecule has 2 aliphatic rings. The number of hydrogen-bond donors (Lipinski definition) is 0. The molecule has 0 radical (unpaired) electrons. The fourth-order valence-corrected chi connectivity index (χ4v) is 4.85. The van der Waals surface area contributed by atoms with E-state index >= 15 is 0 Å². The van der Waals surface area contributed by atoms with Gasteiger partial charge in [-0.1, -0.05) is 20.4 Å². The molecule has 7 nitrogen and oxygen atoms in total. The summed E-state index contributed by atoms with van der Waals surface area (Å²) in [6, 6.07) is 4.01. The minimum Gasteiger partial charge on any atom is -0.493 e. The largest absolute Gasteiger partial charge is 0.493 e. The Bertz CT molecular complexity index is 1080. The van der Waals surface area contributed by atoms with Crippen LogP contribution in [0.15, 0.2) is 24.5 Å². The fraction of sp³-hybridized carbons (Fsp3) is 0.462. The molecule has 3 atom stereocenters. The van der Waals surface area contributed by atoms with Gasteiger partial charge in [-0.2, -0.15) is 0 Å². The zero-order valence-corrected chi connectivity index (χ0v) is 20.4. The quantitative estimate of drug-likeness (QED) is 0.529. The van der Waals surface area contributed by atoms with Crippen molar-refractivity contribution >= 4 is 0 Å². The normalized spacial score (nSPS) is 20.6. The van der Waals surface area contributed by atoms with Gasteiger partial charge in [-0.25, -0.2) is 0 Å². The molecule has 3 unspecified atom stereocenters. The van der Waals surface area contributed by atoms with Crippen molar-refractivity contribution in [2.45, 2.75) is 33.3 Å². The molecule has 2 aromatic rings. The second-order valence-corrected chi connectivity index (χ2v) is 8.57. The van der Waals surface area contributed by atoms with Crippen LogP contribution in [0.5, 0.6) is 34.5 Å². The summed E-state index contributed by atoms with van der Waals surface area (Å²) in [6.45, 7) is 10.4. The molecule has 1 aliphatic heterocycles. The number of rotatable bonds is 6. The summed E-state index contributed by atoms with van der Waals surface area (Å²) in [4.78, 5) is 0. The third kappa shape index (κ3) is 3.69. The first-order chi connectivity index (χ1) is 15.9. The highest BCUT2D eigenvalue weighted by Gasteiger charge is 2.39. The van der Waals surface area contributed by atoms with E-state index in [1.54, 1.807) is 28.4 Å². The van der Waals surface area contributed by atoms with Crippen molar-refractivity contribution in [2.24, 2.45) is 11.8 Å². The summed E-state index contributed by atoms with van der Waals surface area (Å²) in [5.74, 6) is 4.55. The van der Waals surface area contributed by atoms with E-state index in [-0.39, 0.29) is 24.7 Å². The molecule has 1 aliphatic carbocycles. The molecule has 7 heteroatoms. The zero-order chi connectivity index (χ0) is 23.9. The second-order valence-electron chi connectivity index (χ2n) is 8.57. The molecule has 33 heavy (non-hydrogen) atoms. The highest BCUT2D eigenvalue weighted by Crippen LogP contribution is 2.58. The average molecular weight is 457 g/mol. The van der Waals surface area contributed by atoms with Crippen molar-refractivity contribution in [2.75, 3.05) is 35.2 Å².